The van der Waals surface area contributed by atoms with E-state index in [0.29, 0.717) is 6.54 Å². The van der Waals surface area contributed by atoms with Crippen LogP contribution in [0.3, 0.4) is 0 Å². The second-order valence-corrected chi connectivity index (χ2v) is 8.42. The molecule has 0 bridgehead atoms. The molecule has 2 atom stereocenters. The van der Waals surface area contributed by atoms with Crippen LogP contribution in [0.2, 0.25) is 0 Å². The number of rotatable bonds is 7. The van der Waals surface area contributed by atoms with Gasteiger partial charge in [-0.15, -0.1) is 5.10 Å². The summed E-state index contributed by atoms with van der Waals surface area (Å²) in [6.07, 6.45) is 5.83. The Hall–Kier alpha value is -2.58. The lowest BCUT2D eigenvalue weighted by atomic mass is 10.1. The van der Waals surface area contributed by atoms with Crippen molar-refractivity contribution in [2.24, 2.45) is 0 Å². The molecule has 1 saturated heterocycles. The number of nitrogens with zero attached hydrogens (tertiary/aromatic N) is 6. The van der Waals surface area contributed by atoms with Crippen LogP contribution >= 0.6 is 0 Å². The predicted octanol–water partition coefficient (Wildman–Crippen LogP) is 3.19. The third kappa shape index (κ3) is 4.54. The maximum atomic E-state index is 5.95. The molecule has 0 N–H and O–H groups in total. The highest BCUT2D eigenvalue weighted by molar-refractivity contribution is 5.18. The lowest BCUT2D eigenvalue weighted by Gasteiger charge is -2.33. The number of hydrogen-bond donors (Lipinski definition) is 0. The van der Waals surface area contributed by atoms with Crippen molar-refractivity contribution >= 4 is 0 Å². The molecule has 29 heavy (non-hydrogen) atoms. The Morgan fingerprint density at radius 1 is 1.24 bits per heavy atom. The SMILES string of the molecule is CC(C)(C)n1nnnc1[C@H](c1ccccn1)N(Cc1ccco1)C[C@@H]1CCCO1. The third-order valence-corrected chi connectivity index (χ3v) is 5.11. The topological polar surface area (TPSA) is 82.1 Å². The zero-order chi connectivity index (χ0) is 20.3. The molecule has 3 aromatic heterocycles. The zero-order valence-corrected chi connectivity index (χ0v) is 17.2. The highest BCUT2D eigenvalue weighted by Gasteiger charge is 2.34. The molecule has 0 spiro atoms. The van der Waals surface area contributed by atoms with Gasteiger partial charge in [0.25, 0.3) is 0 Å². The Kier molecular flexibility index (Phi) is 5.73. The average Bonchev–Trinajstić information content (AvgIpc) is 3.45. The normalized spacial score (nSPS) is 18.4. The highest BCUT2D eigenvalue weighted by Crippen LogP contribution is 2.31. The second kappa shape index (κ2) is 8.42. The van der Waals surface area contributed by atoms with E-state index in [2.05, 4.69) is 46.2 Å². The van der Waals surface area contributed by atoms with Crippen LogP contribution in [-0.2, 0) is 16.8 Å². The number of pyridine rings is 1. The third-order valence-electron chi connectivity index (χ3n) is 5.11. The Labute approximate surface area is 170 Å². The number of ether oxygens (including phenoxy) is 1. The minimum absolute atomic E-state index is 0.176. The van der Waals surface area contributed by atoms with E-state index >= 15 is 0 Å². The van der Waals surface area contributed by atoms with Gasteiger partial charge in [-0.05, 0) is 68.3 Å². The summed E-state index contributed by atoms with van der Waals surface area (Å²) in [5, 5.41) is 12.7. The fourth-order valence-electron chi connectivity index (χ4n) is 3.78. The summed E-state index contributed by atoms with van der Waals surface area (Å²) >= 11 is 0. The van der Waals surface area contributed by atoms with Gasteiger partial charge in [-0.1, -0.05) is 6.07 Å². The molecular weight excluding hydrogens is 368 g/mol. The Balaban J connectivity index is 1.76. The Bertz CT molecular complexity index is 882. The van der Waals surface area contributed by atoms with Crippen molar-refractivity contribution in [3.8, 4) is 0 Å². The maximum absolute atomic E-state index is 5.95. The van der Waals surface area contributed by atoms with Crippen molar-refractivity contribution in [2.45, 2.75) is 57.8 Å². The van der Waals surface area contributed by atoms with E-state index in [1.807, 2.05) is 41.2 Å². The second-order valence-electron chi connectivity index (χ2n) is 8.42. The lowest BCUT2D eigenvalue weighted by molar-refractivity contribution is 0.0531. The van der Waals surface area contributed by atoms with E-state index in [-0.39, 0.29) is 17.7 Å². The molecule has 4 heterocycles. The molecule has 1 aliphatic heterocycles. The molecule has 0 aliphatic carbocycles. The van der Waals surface area contributed by atoms with Gasteiger partial charge in [-0.3, -0.25) is 9.88 Å². The molecular formula is C21H28N6O2. The van der Waals surface area contributed by atoms with Crippen LogP contribution in [0, 0.1) is 0 Å². The van der Waals surface area contributed by atoms with Crippen molar-refractivity contribution < 1.29 is 9.15 Å². The van der Waals surface area contributed by atoms with Crippen LogP contribution in [0.15, 0.2) is 47.2 Å². The van der Waals surface area contributed by atoms with Crippen molar-refractivity contribution in [3.63, 3.8) is 0 Å². The molecule has 1 aliphatic rings. The first-order valence-corrected chi connectivity index (χ1v) is 10.1. The van der Waals surface area contributed by atoms with Gasteiger partial charge in [0.2, 0.25) is 0 Å². The summed E-state index contributed by atoms with van der Waals surface area (Å²) in [7, 11) is 0. The molecule has 1 fully saturated rings. The van der Waals surface area contributed by atoms with Gasteiger partial charge in [-0.2, -0.15) is 0 Å². The molecule has 0 amide bonds. The molecule has 0 radical (unpaired) electrons. The van der Waals surface area contributed by atoms with Gasteiger partial charge >= 0.3 is 0 Å². The van der Waals surface area contributed by atoms with Gasteiger partial charge in [0.15, 0.2) is 5.82 Å². The van der Waals surface area contributed by atoms with Crippen molar-refractivity contribution in [1.82, 2.24) is 30.1 Å². The van der Waals surface area contributed by atoms with Gasteiger partial charge in [0, 0.05) is 19.3 Å². The minimum atomic E-state index is -0.258. The molecule has 8 heteroatoms. The summed E-state index contributed by atoms with van der Waals surface area (Å²) in [5.41, 5.74) is 0.642. The zero-order valence-electron chi connectivity index (χ0n) is 17.2. The molecule has 0 aromatic carbocycles. The summed E-state index contributed by atoms with van der Waals surface area (Å²) < 4.78 is 13.5. The van der Waals surface area contributed by atoms with E-state index in [4.69, 9.17) is 9.15 Å². The van der Waals surface area contributed by atoms with Crippen molar-refractivity contribution in [3.05, 3.63) is 60.1 Å². The van der Waals surface area contributed by atoms with Crippen LogP contribution in [0.4, 0.5) is 0 Å². The highest BCUT2D eigenvalue weighted by atomic mass is 16.5. The first-order chi connectivity index (χ1) is 14.0. The quantitative estimate of drug-likeness (QED) is 0.606. The van der Waals surface area contributed by atoms with Crippen LogP contribution in [-0.4, -0.2) is 49.3 Å². The standard InChI is InChI=1S/C21H28N6O2/c1-21(2,3)27-20(23-24-25-27)19(18-10-4-5-11-22-18)26(14-16-8-6-12-28-16)15-17-9-7-13-29-17/h4-6,8,10-12,17,19H,7,9,13-15H2,1-3H3/t17-,19-/m0/s1. The van der Waals surface area contributed by atoms with Crippen LogP contribution in [0.1, 0.15) is 56.9 Å². The number of hydrogen-bond acceptors (Lipinski definition) is 7. The van der Waals surface area contributed by atoms with Gasteiger partial charge in [0.1, 0.15) is 11.8 Å². The number of aromatic nitrogens is 5. The Morgan fingerprint density at radius 2 is 2.14 bits per heavy atom. The summed E-state index contributed by atoms with van der Waals surface area (Å²) in [4.78, 5) is 6.97. The van der Waals surface area contributed by atoms with Crippen molar-refractivity contribution in [2.75, 3.05) is 13.2 Å². The summed E-state index contributed by atoms with van der Waals surface area (Å²) in [6, 6.07) is 9.62. The van der Waals surface area contributed by atoms with Crippen LogP contribution in [0.25, 0.3) is 0 Å². The smallest absolute Gasteiger partial charge is 0.175 e. The fraction of sp³-hybridized carbons (Fsp3) is 0.524. The van der Waals surface area contributed by atoms with E-state index < -0.39 is 0 Å². The van der Waals surface area contributed by atoms with Gasteiger partial charge < -0.3 is 9.15 Å². The van der Waals surface area contributed by atoms with Crippen LogP contribution in [0.5, 0.6) is 0 Å². The molecule has 0 unspecified atom stereocenters. The summed E-state index contributed by atoms with van der Waals surface area (Å²) in [5.74, 6) is 1.65. The first kappa shape index (κ1) is 19.7. The summed E-state index contributed by atoms with van der Waals surface area (Å²) in [6.45, 7) is 8.47. The molecule has 0 saturated carbocycles. The molecule has 3 aromatic rings. The number of tetrazole rings is 1. The van der Waals surface area contributed by atoms with Gasteiger partial charge in [-0.25, -0.2) is 4.68 Å². The monoisotopic (exact) mass is 396 g/mol. The minimum Gasteiger partial charge on any atom is -0.468 e. The lowest BCUT2D eigenvalue weighted by Crippen LogP contribution is -2.39. The number of furan rings is 1. The van der Waals surface area contributed by atoms with E-state index in [9.17, 15) is 0 Å². The average molecular weight is 396 g/mol. The van der Waals surface area contributed by atoms with E-state index in [0.717, 1.165) is 43.3 Å². The van der Waals surface area contributed by atoms with E-state index in [1.54, 1.807) is 6.26 Å². The van der Waals surface area contributed by atoms with Crippen molar-refractivity contribution in [1.29, 1.82) is 0 Å². The van der Waals surface area contributed by atoms with E-state index in [1.165, 1.54) is 0 Å². The maximum Gasteiger partial charge on any atom is 0.175 e. The fourth-order valence-corrected chi connectivity index (χ4v) is 3.78. The molecule has 4 rings (SSSR count). The van der Waals surface area contributed by atoms with Gasteiger partial charge in [0.05, 0.1) is 30.1 Å². The largest absolute Gasteiger partial charge is 0.468 e. The predicted molar refractivity (Wildman–Crippen MR) is 107 cm³/mol. The molecule has 154 valence electrons. The Morgan fingerprint density at radius 3 is 2.79 bits per heavy atom. The first-order valence-electron chi connectivity index (χ1n) is 10.1. The molecule has 8 nitrogen and oxygen atoms in total. The van der Waals surface area contributed by atoms with Crippen LogP contribution < -0.4 is 0 Å².